The lowest BCUT2D eigenvalue weighted by Crippen LogP contribution is -2.26. The molecule has 0 amide bonds. The Kier molecular flexibility index (Phi) is 3.74. The molecule has 2 aliphatic rings. The van der Waals surface area contributed by atoms with Crippen molar-refractivity contribution in [2.75, 3.05) is 0 Å². The highest BCUT2D eigenvalue weighted by molar-refractivity contribution is 5.36. The molecule has 2 aliphatic carbocycles. The molecular weight excluding hydrogens is 256 g/mol. The highest BCUT2D eigenvalue weighted by Gasteiger charge is 2.31. The van der Waals surface area contributed by atoms with Gasteiger partial charge in [-0.2, -0.15) is 5.26 Å². The number of hydrogen-bond acceptors (Lipinski definition) is 1. The number of nitriles is 1. The summed E-state index contributed by atoms with van der Waals surface area (Å²) in [5.74, 6) is 0.550. The second-order valence-electron chi connectivity index (χ2n) is 6.27. The second kappa shape index (κ2) is 5.52. The maximum absolute atomic E-state index is 13.7. The van der Waals surface area contributed by atoms with E-state index in [0.29, 0.717) is 0 Å². The van der Waals surface area contributed by atoms with Gasteiger partial charge in [-0.3, -0.25) is 0 Å². The third-order valence-corrected chi connectivity index (χ3v) is 5.24. The zero-order valence-electron chi connectivity index (χ0n) is 11.5. The lowest BCUT2D eigenvalue weighted by Gasteiger charge is -2.38. The fraction of sp³-hybridized carbons (Fsp3) is 0.588. The number of hydrogen-bond donors (Lipinski definition) is 0. The summed E-state index contributed by atoms with van der Waals surface area (Å²) in [6, 6.07) is 4.30. The van der Waals surface area contributed by atoms with Crippen LogP contribution in [-0.2, 0) is 0 Å². The molecular formula is C17H19F2N. The van der Waals surface area contributed by atoms with Crippen molar-refractivity contribution in [3.8, 4) is 6.07 Å². The molecule has 0 radical (unpaired) electrons. The molecule has 1 nitrogen and oxygen atoms in total. The monoisotopic (exact) mass is 275 g/mol. The van der Waals surface area contributed by atoms with Gasteiger partial charge in [-0.05, 0) is 61.1 Å². The lowest BCUT2D eigenvalue weighted by molar-refractivity contribution is 0.153. The van der Waals surface area contributed by atoms with E-state index in [-0.39, 0.29) is 5.92 Å². The van der Waals surface area contributed by atoms with Crippen molar-refractivity contribution >= 4 is 0 Å². The minimum atomic E-state index is -0.719. The smallest absolute Gasteiger partial charge is 0.144 e. The van der Waals surface area contributed by atoms with Gasteiger partial charge in [-0.25, -0.2) is 8.78 Å². The van der Waals surface area contributed by atoms with Crippen molar-refractivity contribution in [1.82, 2.24) is 0 Å². The van der Waals surface area contributed by atoms with E-state index in [4.69, 9.17) is 5.26 Å². The Morgan fingerprint density at radius 2 is 1.45 bits per heavy atom. The lowest BCUT2D eigenvalue weighted by atomic mass is 9.67. The molecule has 3 rings (SSSR count). The van der Waals surface area contributed by atoms with Crippen LogP contribution in [0.3, 0.4) is 0 Å². The quantitative estimate of drug-likeness (QED) is 0.752. The highest BCUT2D eigenvalue weighted by Crippen LogP contribution is 2.45. The van der Waals surface area contributed by atoms with Gasteiger partial charge in [-0.1, -0.05) is 19.3 Å². The van der Waals surface area contributed by atoms with Crippen LogP contribution in [0.5, 0.6) is 0 Å². The number of benzene rings is 1. The molecule has 2 fully saturated rings. The second-order valence-corrected chi connectivity index (χ2v) is 6.27. The first kappa shape index (κ1) is 13.5. The largest absolute Gasteiger partial charge is 0.205 e. The summed E-state index contributed by atoms with van der Waals surface area (Å²) < 4.78 is 27.3. The molecule has 0 heterocycles. The molecule has 0 aliphatic heterocycles. The van der Waals surface area contributed by atoms with E-state index in [9.17, 15) is 8.78 Å². The standard InChI is InChI=1S/C17H19F2N/c18-16-8-14(9-17(19)15(16)10-20)13-6-4-12(5-7-13)11-2-1-3-11/h8-9,11-13H,1-7H2. The summed E-state index contributed by atoms with van der Waals surface area (Å²) in [6.07, 6.45) is 8.51. The third kappa shape index (κ3) is 2.44. The summed E-state index contributed by atoms with van der Waals surface area (Å²) in [5.41, 5.74) is 0.267. The van der Waals surface area contributed by atoms with Gasteiger partial charge >= 0.3 is 0 Å². The Hall–Kier alpha value is -1.43. The molecule has 2 saturated carbocycles. The van der Waals surface area contributed by atoms with Crippen LogP contribution in [0.15, 0.2) is 12.1 Å². The third-order valence-electron chi connectivity index (χ3n) is 5.24. The predicted octanol–water partition coefficient (Wildman–Crippen LogP) is 4.91. The number of rotatable bonds is 2. The summed E-state index contributed by atoms with van der Waals surface area (Å²) in [4.78, 5) is 0. The van der Waals surface area contributed by atoms with Crippen molar-refractivity contribution in [1.29, 1.82) is 5.26 Å². The van der Waals surface area contributed by atoms with Gasteiger partial charge < -0.3 is 0 Å². The Morgan fingerprint density at radius 3 is 1.90 bits per heavy atom. The van der Waals surface area contributed by atoms with Gasteiger partial charge in [0.1, 0.15) is 23.3 Å². The van der Waals surface area contributed by atoms with Gasteiger partial charge in [0.15, 0.2) is 0 Å². The number of halogens is 2. The van der Waals surface area contributed by atoms with Crippen LogP contribution in [0.25, 0.3) is 0 Å². The molecule has 20 heavy (non-hydrogen) atoms. The average Bonchev–Trinajstić information content (AvgIpc) is 2.37. The normalized spacial score (nSPS) is 26.9. The Labute approximate surface area is 118 Å². The maximum Gasteiger partial charge on any atom is 0.144 e. The van der Waals surface area contributed by atoms with E-state index in [2.05, 4.69) is 0 Å². The minimum absolute atomic E-state index is 0.253. The Bertz CT molecular complexity index is 511. The van der Waals surface area contributed by atoms with Crippen LogP contribution >= 0.6 is 0 Å². The van der Waals surface area contributed by atoms with Crippen LogP contribution < -0.4 is 0 Å². The first-order valence-corrected chi connectivity index (χ1v) is 7.58. The average molecular weight is 275 g/mol. The first-order valence-electron chi connectivity index (χ1n) is 7.58. The predicted molar refractivity (Wildman–Crippen MR) is 73.1 cm³/mol. The van der Waals surface area contributed by atoms with Crippen molar-refractivity contribution in [2.24, 2.45) is 11.8 Å². The van der Waals surface area contributed by atoms with Crippen LogP contribution in [-0.4, -0.2) is 0 Å². The zero-order valence-corrected chi connectivity index (χ0v) is 11.5. The highest BCUT2D eigenvalue weighted by atomic mass is 19.1. The van der Waals surface area contributed by atoms with Crippen molar-refractivity contribution in [3.05, 3.63) is 34.9 Å². The van der Waals surface area contributed by atoms with E-state index < -0.39 is 17.2 Å². The van der Waals surface area contributed by atoms with E-state index in [1.165, 1.54) is 44.2 Å². The summed E-state index contributed by atoms with van der Waals surface area (Å²) >= 11 is 0. The summed E-state index contributed by atoms with van der Waals surface area (Å²) in [5, 5.41) is 8.70. The molecule has 106 valence electrons. The van der Waals surface area contributed by atoms with Gasteiger partial charge in [0.05, 0.1) is 0 Å². The van der Waals surface area contributed by atoms with Crippen molar-refractivity contribution < 1.29 is 8.78 Å². The molecule has 0 unspecified atom stereocenters. The molecule has 0 spiro atoms. The van der Waals surface area contributed by atoms with Gasteiger partial charge in [0.2, 0.25) is 0 Å². The van der Waals surface area contributed by atoms with Crippen LogP contribution in [0.2, 0.25) is 0 Å². The summed E-state index contributed by atoms with van der Waals surface area (Å²) in [6.45, 7) is 0. The molecule has 1 aromatic carbocycles. The summed E-state index contributed by atoms with van der Waals surface area (Å²) in [7, 11) is 0. The van der Waals surface area contributed by atoms with E-state index in [0.717, 1.165) is 30.2 Å². The minimum Gasteiger partial charge on any atom is -0.205 e. The SMILES string of the molecule is N#Cc1c(F)cc(C2CCC(C3CCC3)CC2)cc1F. The fourth-order valence-electron chi connectivity index (χ4n) is 3.77. The van der Waals surface area contributed by atoms with E-state index in [1.54, 1.807) is 6.07 Å². The topological polar surface area (TPSA) is 23.8 Å². The van der Waals surface area contributed by atoms with Gasteiger partial charge in [0.25, 0.3) is 0 Å². The molecule has 1 aromatic rings. The first-order chi connectivity index (χ1) is 9.69. The van der Waals surface area contributed by atoms with Crippen LogP contribution in [0.1, 0.15) is 62.0 Å². The Balaban J connectivity index is 1.70. The van der Waals surface area contributed by atoms with Gasteiger partial charge in [0, 0.05) is 0 Å². The molecule has 3 heteroatoms. The van der Waals surface area contributed by atoms with E-state index >= 15 is 0 Å². The zero-order chi connectivity index (χ0) is 14.1. The fourth-order valence-corrected chi connectivity index (χ4v) is 3.77. The van der Waals surface area contributed by atoms with Crippen LogP contribution in [0.4, 0.5) is 8.78 Å². The Morgan fingerprint density at radius 1 is 0.900 bits per heavy atom. The molecule has 0 atom stereocenters. The van der Waals surface area contributed by atoms with Crippen LogP contribution in [0, 0.1) is 34.8 Å². The molecule has 0 N–H and O–H groups in total. The molecule has 0 aromatic heterocycles. The van der Waals surface area contributed by atoms with Crippen molar-refractivity contribution in [3.63, 3.8) is 0 Å². The number of nitrogens with zero attached hydrogens (tertiary/aromatic N) is 1. The van der Waals surface area contributed by atoms with Gasteiger partial charge in [-0.15, -0.1) is 0 Å². The van der Waals surface area contributed by atoms with Crippen molar-refractivity contribution in [2.45, 2.75) is 50.9 Å². The molecule has 0 saturated heterocycles. The maximum atomic E-state index is 13.7. The van der Waals surface area contributed by atoms with E-state index in [1.807, 2.05) is 0 Å². The molecule has 0 bridgehead atoms.